The lowest BCUT2D eigenvalue weighted by atomic mass is 9.98. The fraction of sp³-hybridized carbons (Fsp3) is 0.435. The Morgan fingerprint density at radius 1 is 1.07 bits per heavy atom. The first-order valence-electron chi connectivity index (χ1n) is 10.6. The van der Waals surface area contributed by atoms with E-state index < -0.39 is 9.84 Å². The van der Waals surface area contributed by atoms with E-state index >= 15 is 0 Å². The summed E-state index contributed by atoms with van der Waals surface area (Å²) in [6.45, 7) is 3.43. The Balaban J connectivity index is 1.86. The fourth-order valence-corrected chi connectivity index (χ4v) is 5.07. The quantitative estimate of drug-likeness (QED) is 0.452. The van der Waals surface area contributed by atoms with E-state index in [0.29, 0.717) is 17.3 Å². The van der Waals surface area contributed by atoms with Crippen molar-refractivity contribution < 1.29 is 18.4 Å². The molecule has 7 heteroatoms. The summed E-state index contributed by atoms with van der Waals surface area (Å²) in [5, 5.41) is 10.3. The number of aryl methyl sites for hydroxylation is 1. The third-order valence-corrected chi connectivity index (χ3v) is 7.67. The maximum atomic E-state index is 12.6. The third-order valence-electron chi connectivity index (χ3n) is 5.93. The molecule has 1 fully saturated rings. The smallest absolute Gasteiger partial charge is 0.178 e. The maximum absolute atomic E-state index is 12.6. The van der Waals surface area contributed by atoms with Crippen LogP contribution in [0.15, 0.2) is 41.4 Å². The van der Waals surface area contributed by atoms with Crippen molar-refractivity contribution in [2.45, 2.75) is 63.4 Å². The van der Waals surface area contributed by atoms with Crippen LogP contribution in [0.2, 0.25) is 0 Å². The zero-order chi connectivity index (χ0) is 21.3. The van der Waals surface area contributed by atoms with Gasteiger partial charge in [-0.1, -0.05) is 19.8 Å². The van der Waals surface area contributed by atoms with Crippen molar-refractivity contribution in [3.8, 4) is 28.3 Å². The van der Waals surface area contributed by atoms with Crippen LogP contribution in [0.3, 0.4) is 0 Å². The van der Waals surface area contributed by atoms with Gasteiger partial charge in [0, 0.05) is 17.3 Å². The molecule has 0 spiro atoms. The predicted molar refractivity (Wildman–Crippen MR) is 116 cm³/mol. The number of benzene rings is 1. The van der Waals surface area contributed by atoms with Crippen LogP contribution in [-0.4, -0.2) is 35.2 Å². The molecule has 0 saturated heterocycles. The Bertz CT molecular complexity index is 1110. The molecule has 160 valence electrons. The van der Waals surface area contributed by atoms with Gasteiger partial charge in [-0.25, -0.2) is 13.4 Å². The van der Waals surface area contributed by atoms with Crippen molar-refractivity contribution >= 4 is 9.84 Å². The van der Waals surface area contributed by atoms with E-state index in [2.05, 4.69) is 4.98 Å². The third kappa shape index (κ3) is 3.90. The molecular formula is C23H28N2O4S. The molecule has 2 aliphatic heterocycles. The first kappa shape index (κ1) is 20.7. The average molecular weight is 429 g/mol. The van der Waals surface area contributed by atoms with Crippen LogP contribution in [0.1, 0.15) is 51.1 Å². The summed E-state index contributed by atoms with van der Waals surface area (Å²) < 4.78 is 32.6. The Kier molecular flexibility index (Phi) is 5.73. The molecular weight excluding hydrogens is 400 g/mol. The van der Waals surface area contributed by atoms with E-state index in [1.165, 1.54) is 12.8 Å². The number of ether oxygens (including phenoxy) is 1. The second-order valence-corrected chi connectivity index (χ2v) is 10.3. The molecule has 1 aromatic carbocycles. The highest BCUT2D eigenvalue weighted by molar-refractivity contribution is 7.91. The first-order chi connectivity index (χ1) is 14.4. The van der Waals surface area contributed by atoms with Crippen molar-refractivity contribution in [3.63, 3.8) is 0 Å². The molecule has 2 heterocycles. The van der Waals surface area contributed by atoms with Gasteiger partial charge in [-0.2, -0.15) is 4.73 Å². The predicted octanol–water partition coefficient (Wildman–Crippen LogP) is 5.10. The topological polar surface area (TPSA) is 81.4 Å². The normalized spacial score (nSPS) is 15.9. The zero-order valence-corrected chi connectivity index (χ0v) is 18.3. The van der Waals surface area contributed by atoms with Gasteiger partial charge in [-0.05, 0) is 68.5 Å². The van der Waals surface area contributed by atoms with Gasteiger partial charge in [0.05, 0.1) is 22.4 Å². The molecule has 1 N–H and O–H groups in total. The van der Waals surface area contributed by atoms with Crippen molar-refractivity contribution in [1.82, 2.24) is 9.71 Å². The Labute approximate surface area is 177 Å². The molecule has 6 nitrogen and oxygen atoms in total. The van der Waals surface area contributed by atoms with Crippen LogP contribution in [0.5, 0.6) is 5.75 Å². The highest BCUT2D eigenvalue weighted by atomic mass is 32.2. The summed E-state index contributed by atoms with van der Waals surface area (Å²) in [5.41, 5.74) is 2.89. The zero-order valence-electron chi connectivity index (χ0n) is 17.5. The highest BCUT2D eigenvalue weighted by Gasteiger charge is 2.23. The Hall–Kier alpha value is -2.54. The Morgan fingerprint density at radius 3 is 2.50 bits per heavy atom. The second-order valence-electron chi connectivity index (χ2n) is 7.99. The van der Waals surface area contributed by atoms with Gasteiger partial charge in [0.25, 0.3) is 0 Å². The van der Waals surface area contributed by atoms with Gasteiger partial charge < -0.3 is 9.94 Å². The van der Waals surface area contributed by atoms with Gasteiger partial charge in [-0.3, -0.25) is 0 Å². The fourth-order valence-electron chi connectivity index (χ4n) is 4.16. The van der Waals surface area contributed by atoms with Gasteiger partial charge in [0.1, 0.15) is 5.75 Å². The maximum Gasteiger partial charge on any atom is 0.178 e. The second kappa shape index (κ2) is 8.30. The number of rotatable bonds is 5. The number of fused-ring (bicyclic) bond motifs is 1. The molecule has 0 aromatic heterocycles. The van der Waals surface area contributed by atoms with Crippen LogP contribution in [0.25, 0.3) is 22.5 Å². The number of hydrogen-bond donors (Lipinski definition) is 1. The lowest BCUT2D eigenvalue weighted by Crippen LogP contribution is -2.16. The summed E-state index contributed by atoms with van der Waals surface area (Å²) in [7, 11) is -3.37. The molecule has 0 unspecified atom stereocenters. The minimum absolute atomic E-state index is 0.0348. The summed E-state index contributed by atoms with van der Waals surface area (Å²) in [6.07, 6.45) is 8.53. The summed E-state index contributed by atoms with van der Waals surface area (Å²) in [6, 6.07) is 8.79. The van der Waals surface area contributed by atoms with Crippen molar-refractivity contribution in [2.24, 2.45) is 0 Å². The van der Waals surface area contributed by atoms with Crippen LogP contribution in [0, 0.1) is 6.92 Å². The highest BCUT2D eigenvalue weighted by Crippen LogP contribution is 2.41. The molecule has 30 heavy (non-hydrogen) atoms. The van der Waals surface area contributed by atoms with E-state index in [4.69, 9.17) is 4.74 Å². The van der Waals surface area contributed by atoms with Crippen LogP contribution in [-0.2, 0) is 9.84 Å². The molecule has 1 aliphatic carbocycles. The molecule has 1 aromatic rings. The van der Waals surface area contributed by atoms with Gasteiger partial charge in [0.15, 0.2) is 15.7 Å². The summed E-state index contributed by atoms with van der Waals surface area (Å²) >= 11 is 0. The van der Waals surface area contributed by atoms with Gasteiger partial charge in [0.2, 0.25) is 0 Å². The molecule has 0 amide bonds. The molecule has 0 radical (unpaired) electrons. The number of nitrogens with zero attached hydrogens (tertiary/aromatic N) is 2. The van der Waals surface area contributed by atoms with E-state index in [-0.39, 0.29) is 16.8 Å². The monoisotopic (exact) mass is 428 g/mol. The van der Waals surface area contributed by atoms with Crippen LogP contribution >= 0.6 is 0 Å². The lowest BCUT2D eigenvalue weighted by Gasteiger charge is -2.22. The number of hydrogen-bond acceptors (Lipinski definition) is 5. The van der Waals surface area contributed by atoms with E-state index in [0.717, 1.165) is 47.1 Å². The minimum atomic E-state index is -3.37. The summed E-state index contributed by atoms with van der Waals surface area (Å²) in [4.78, 5) is 4.54. The molecule has 0 bridgehead atoms. The molecule has 0 atom stereocenters. The van der Waals surface area contributed by atoms with Crippen LogP contribution < -0.4 is 4.74 Å². The lowest BCUT2D eigenvalue weighted by molar-refractivity contribution is 0.180. The number of aromatic nitrogens is 2. The number of sulfone groups is 1. The van der Waals surface area contributed by atoms with Crippen LogP contribution in [0.4, 0.5) is 0 Å². The van der Waals surface area contributed by atoms with E-state index in [9.17, 15) is 13.6 Å². The molecule has 4 rings (SSSR count). The SMILES string of the molecule is CCS(=O)(=O)c1ccc(OC2CCCCCC2)c(-c2cc(C)n(O)c3nccc2-3)c1. The molecule has 1 saturated carbocycles. The summed E-state index contributed by atoms with van der Waals surface area (Å²) in [5.74, 6) is 1.15. The van der Waals surface area contributed by atoms with Crippen molar-refractivity contribution in [2.75, 3.05) is 5.75 Å². The van der Waals surface area contributed by atoms with Crippen molar-refractivity contribution in [3.05, 3.63) is 42.2 Å². The van der Waals surface area contributed by atoms with E-state index in [1.807, 2.05) is 12.1 Å². The largest absolute Gasteiger partial charge is 0.490 e. The Morgan fingerprint density at radius 2 is 1.80 bits per heavy atom. The number of pyridine rings is 1. The molecule has 3 aliphatic rings. The first-order valence-corrected chi connectivity index (χ1v) is 12.3. The minimum Gasteiger partial charge on any atom is -0.490 e. The average Bonchev–Trinajstić information content (AvgIpc) is 3.09. The van der Waals surface area contributed by atoms with Gasteiger partial charge >= 0.3 is 0 Å². The van der Waals surface area contributed by atoms with Gasteiger partial charge in [-0.15, -0.1) is 0 Å². The van der Waals surface area contributed by atoms with Crippen molar-refractivity contribution in [1.29, 1.82) is 0 Å². The standard InChI is InChI=1S/C23H28N2O4S/c1-3-30(27,28)18-10-11-22(29-17-8-6-4-5-7-9-17)21(15-18)20-14-16(2)25(26)23-19(20)12-13-24-23/h10-15,17,26H,3-9H2,1-2H3. The van der Waals surface area contributed by atoms with E-state index in [1.54, 1.807) is 38.2 Å².